The highest BCUT2D eigenvalue weighted by molar-refractivity contribution is 7.92. The standard InChI is InChI=1S/C21H19N3O6S/c1-2-30-20-13-12-18(14-19(20)22-21(25)15-6-4-3-5-7-15)31(28,29)23-16-8-10-17(11-9-16)24(26)27/h3-14,23H,2H2,1H3,(H,22,25). The number of nitrogens with zero attached hydrogens (tertiary/aromatic N) is 1. The van der Waals surface area contributed by atoms with Crippen molar-refractivity contribution in [3.8, 4) is 5.75 Å². The maximum Gasteiger partial charge on any atom is 0.269 e. The summed E-state index contributed by atoms with van der Waals surface area (Å²) in [5.74, 6) is -0.0968. The van der Waals surface area contributed by atoms with E-state index in [-0.39, 0.29) is 22.0 Å². The molecule has 0 atom stereocenters. The normalized spacial score (nSPS) is 10.9. The van der Waals surface area contributed by atoms with Gasteiger partial charge >= 0.3 is 0 Å². The van der Waals surface area contributed by atoms with Crippen molar-refractivity contribution in [3.63, 3.8) is 0 Å². The molecule has 0 aliphatic heterocycles. The SMILES string of the molecule is CCOc1ccc(S(=O)(=O)Nc2ccc([N+](=O)[O-])cc2)cc1NC(=O)c1ccccc1. The molecule has 0 unspecified atom stereocenters. The number of non-ortho nitro benzene ring substituents is 1. The highest BCUT2D eigenvalue weighted by Gasteiger charge is 2.19. The molecule has 0 aromatic heterocycles. The summed E-state index contributed by atoms with van der Waals surface area (Å²) in [6.07, 6.45) is 0. The smallest absolute Gasteiger partial charge is 0.269 e. The van der Waals surface area contributed by atoms with Gasteiger partial charge in [0.05, 0.1) is 22.1 Å². The van der Waals surface area contributed by atoms with E-state index in [0.717, 1.165) is 0 Å². The highest BCUT2D eigenvalue weighted by Crippen LogP contribution is 2.29. The molecule has 0 aliphatic rings. The lowest BCUT2D eigenvalue weighted by Crippen LogP contribution is -2.16. The van der Waals surface area contributed by atoms with Crippen LogP contribution in [-0.4, -0.2) is 25.9 Å². The highest BCUT2D eigenvalue weighted by atomic mass is 32.2. The Kier molecular flexibility index (Phi) is 6.51. The zero-order chi connectivity index (χ0) is 22.4. The van der Waals surface area contributed by atoms with Crippen molar-refractivity contribution >= 4 is 33.0 Å². The predicted molar refractivity (Wildman–Crippen MR) is 116 cm³/mol. The largest absolute Gasteiger partial charge is 0.492 e. The van der Waals surface area contributed by atoms with E-state index >= 15 is 0 Å². The number of carbonyl (C=O) groups excluding carboxylic acids is 1. The molecule has 10 heteroatoms. The molecule has 0 aliphatic carbocycles. The molecule has 0 spiro atoms. The molecule has 31 heavy (non-hydrogen) atoms. The zero-order valence-electron chi connectivity index (χ0n) is 16.4. The van der Waals surface area contributed by atoms with Gasteiger partial charge in [-0.2, -0.15) is 0 Å². The van der Waals surface area contributed by atoms with Crippen molar-refractivity contribution < 1.29 is 22.9 Å². The average Bonchev–Trinajstić information content (AvgIpc) is 2.75. The van der Waals surface area contributed by atoms with E-state index in [9.17, 15) is 23.3 Å². The Labute approximate surface area is 178 Å². The third kappa shape index (κ3) is 5.37. The molecule has 9 nitrogen and oxygen atoms in total. The second kappa shape index (κ2) is 9.26. The van der Waals surface area contributed by atoms with Crippen molar-refractivity contribution in [1.29, 1.82) is 0 Å². The first-order valence-electron chi connectivity index (χ1n) is 9.20. The minimum absolute atomic E-state index is 0.113. The quantitative estimate of drug-likeness (QED) is 0.401. The molecule has 0 heterocycles. The van der Waals surface area contributed by atoms with Gasteiger partial charge in [0.1, 0.15) is 5.75 Å². The number of nitro groups is 1. The van der Waals surface area contributed by atoms with Crippen LogP contribution in [0.4, 0.5) is 17.1 Å². The molecule has 3 aromatic rings. The molecule has 1 amide bonds. The molecule has 3 rings (SSSR count). The summed E-state index contributed by atoms with van der Waals surface area (Å²) in [5, 5.41) is 13.4. The molecular formula is C21H19N3O6S. The lowest BCUT2D eigenvalue weighted by atomic mass is 10.2. The van der Waals surface area contributed by atoms with Gasteiger partial charge in [-0.15, -0.1) is 0 Å². The Morgan fingerprint density at radius 3 is 2.32 bits per heavy atom. The molecule has 0 fully saturated rings. The van der Waals surface area contributed by atoms with E-state index in [1.54, 1.807) is 37.3 Å². The molecule has 2 N–H and O–H groups in total. The number of hydrogen-bond acceptors (Lipinski definition) is 6. The summed E-state index contributed by atoms with van der Waals surface area (Å²) in [5.41, 5.74) is 0.605. The number of ether oxygens (including phenoxy) is 1. The average molecular weight is 441 g/mol. The predicted octanol–water partition coefficient (Wildman–Crippen LogP) is 4.05. The summed E-state index contributed by atoms with van der Waals surface area (Å²) >= 11 is 0. The summed E-state index contributed by atoms with van der Waals surface area (Å²) < 4.78 is 33.5. The Balaban J connectivity index is 1.88. The first kappa shape index (κ1) is 21.8. The van der Waals surface area contributed by atoms with E-state index in [0.29, 0.717) is 17.9 Å². The van der Waals surface area contributed by atoms with Crippen molar-refractivity contribution in [2.24, 2.45) is 0 Å². The van der Waals surface area contributed by atoms with Crippen molar-refractivity contribution in [1.82, 2.24) is 0 Å². The number of nitrogens with one attached hydrogen (secondary N) is 2. The van der Waals surface area contributed by atoms with E-state index in [1.165, 1.54) is 42.5 Å². The van der Waals surface area contributed by atoms with Crippen molar-refractivity contribution in [2.45, 2.75) is 11.8 Å². The second-order valence-electron chi connectivity index (χ2n) is 6.32. The van der Waals surface area contributed by atoms with Gasteiger partial charge in [-0.25, -0.2) is 8.42 Å². The van der Waals surface area contributed by atoms with Gasteiger partial charge in [0.2, 0.25) is 0 Å². The number of sulfonamides is 1. The Hall–Kier alpha value is -3.92. The number of benzene rings is 3. The second-order valence-corrected chi connectivity index (χ2v) is 8.00. The lowest BCUT2D eigenvalue weighted by molar-refractivity contribution is -0.384. The van der Waals surface area contributed by atoms with Crippen LogP contribution < -0.4 is 14.8 Å². The van der Waals surface area contributed by atoms with Crippen LogP contribution >= 0.6 is 0 Å². The minimum Gasteiger partial charge on any atom is -0.492 e. The molecule has 3 aromatic carbocycles. The lowest BCUT2D eigenvalue weighted by Gasteiger charge is -2.14. The van der Waals surface area contributed by atoms with Crippen LogP contribution in [0.15, 0.2) is 77.7 Å². The Morgan fingerprint density at radius 2 is 1.71 bits per heavy atom. The summed E-state index contributed by atoms with van der Waals surface area (Å²) in [7, 11) is -4.03. The minimum atomic E-state index is -4.03. The van der Waals surface area contributed by atoms with E-state index in [1.807, 2.05) is 0 Å². The van der Waals surface area contributed by atoms with Gasteiger partial charge in [0.15, 0.2) is 0 Å². The molecule has 0 saturated carbocycles. The molecule has 0 saturated heterocycles. The number of nitro benzene ring substituents is 1. The molecule has 0 radical (unpaired) electrons. The van der Waals surface area contributed by atoms with Crippen LogP contribution in [0.1, 0.15) is 17.3 Å². The van der Waals surface area contributed by atoms with Crippen LogP contribution in [0.3, 0.4) is 0 Å². The third-order valence-corrected chi connectivity index (χ3v) is 5.55. The van der Waals surface area contributed by atoms with E-state index in [2.05, 4.69) is 10.0 Å². The van der Waals surface area contributed by atoms with Crippen molar-refractivity contribution in [3.05, 3.63) is 88.5 Å². The number of hydrogen-bond donors (Lipinski definition) is 2. The Morgan fingerprint density at radius 1 is 1.03 bits per heavy atom. The molecule has 160 valence electrons. The fourth-order valence-corrected chi connectivity index (χ4v) is 3.79. The summed E-state index contributed by atoms with van der Waals surface area (Å²) in [6.45, 7) is 2.09. The van der Waals surface area contributed by atoms with Gasteiger partial charge in [0, 0.05) is 23.4 Å². The van der Waals surface area contributed by atoms with E-state index < -0.39 is 20.9 Å². The van der Waals surface area contributed by atoms with Gasteiger partial charge < -0.3 is 10.1 Å². The topological polar surface area (TPSA) is 128 Å². The van der Waals surface area contributed by atoms with Crippen LogP contribution in [0.25, 0.3) is 0 Å². The Bertz CT molecular complexity index is 1200. The summed E-state index contributed by atoms with van der Waals surface area (Å²) in [6, 6.07) is 17.5. The van der Waals surface area contributed by atoms with Gasteiger partial charge in [0.25, 0.3) is 21.6 Å². The van der Waals surface area contributed by atoms with Crippen LogP contribution in [0.2, 0.25) is 0 Å². The zero-order valence-corrected chi connectivity index (χ0v) is 17.3. The van der Waals surface area contributed by atoms with Gasteiger partial charge in [-0.3, -0.25) is 19.6 Å². The van der Waals surface area contributed by atoms with E-state index in [4.69, 9.17) is 4.74 Å². The van der Waals surface area contributed by atoms with Crippen LogP contribution in [-0.2, 0) is 10.0 Å². The van der Waals surface area contributed by atoms with Crippen LogP contribution in [0.5, 0.6) is 5.75 Å². The summed E-state index contributed by atoms with van der Waals surface area (Å²) in [4.78, 5) is 22.6. The molecular weight excluding hydrogens is 422 g/mol. The number of amides is 1. The van der Waals surface area contributed by atoms with Crippen molar-refractivity contribution in [2.75, 3.05) is 16.6 Å². The first-order valence-corrected chi connectivity index (χ1v) is 10.7. The number of anilines is 2. The van der Waals surface area contributed by atoms with Gasteiger partial charge in [-0.1, -0.05) is 18.2 Å². The number of rotatable bonds is 8. The first-order chi connectivity index (χ1) is 14.8. The molecule has 0 bridgehead atoms. The fourth-order valence-electron chi connectivity index (χ4n) is 2.70. The third-order valence-electron chi connectivity index (χ3n) is 4.18. The maximum atomic E-state index is 12.8. The van der Waals surface area contributed by atoms with Crippen LogP contribution in [0, 0.1) is 10.1 Å². The maximum absolute atomic E-state index is 12.8. The monoisotopic (exact) mass is 441 g/mol. The number of carbonyl (C=O) groups is 1. The van der Waals surface area contributed by atoms with Gasteiger partial charge in [-0.05, 0) is 49.4 Å². The fraction of sp³-hybridized carbons (Fsp3) is 0.0952.